The molecule has 2 unspecified atom stereocenters. The summed E-state index contributed by atoms with van der Waals surface area (Å²) in [6.45, 7) is 9.34. The molecule has 0 saturated heterocycles. The van der Waals surface area contributed by atoms with Gasteiger partial charge in [0.15, 0.2) is 0 Å². The van der Waals surface area contributed by atoms with Gasteiger partial charge in [0.05, 0.1) is 6.10 Å². The molecule has 1 rings (SSSR count). The smallest absolute Gasteiger partial charge is 0.0779 e. The molecule has 0 bridgehead atoms. The van der Waals surface area contributed by atoms with Gasteiger partial charge in [-0.25, -0.2) is 0 Å². The molecule has 1 aromatic rings. The van der Waals surface area contributed by atoms with Crippen LogP contribution in [0.1, 0.15) is 33.3 Å². The molecule has 4 nitrogen and oxygen atoms in total. The van der Waals surface area contributed by atoms with Gasteiger partial charge in [-0.2, -0.15) is 0 Å². The van der Waals surface area contributed by atoms with Crippen LogP contribution in [0.3, 0.4) is 0 Å². The van der Waals surface area contributed by atoms with Gasteiger partial charge in [-0.1, -0.05) is 20.8 Å². The van der Waals surface area contributed by atoms with Crippen LogP contribution in [0.2, 0.25) is 0 Å². The van der Waals surface area contributed by atoms with Gasteiger partial charge in [0, 0.05) is 30.7 Å². The minimum Gasteiger partial charge on any atom is -0.398 e. The van der Waals surface area contributed by atoms with E-state index in [0.29, 0.717) is 6.61 Å². The maximum Gasteiger partial charge on any atom is 0.0779 e. The second kappa shape index (κ2) is 6.87. The Balaban J connectivity index is 2.89. The van der Waals surface area contributed by atoms with E-state index in [9.17, 15) is 0 Å². The lowest BCUT2D eigenvalue weighted by Crippen LogP contribution is -2.48. The molecule has 0 aliphatic carbocycles. The van der Waals surface area contributed by atoms with Gasteiger partial charge in [0.25, 0.3) is 0 Å². The molecule has 0 aromatic carbocycles. The zero-order valence-corrected chi connectivity index (χ0v) is 12.7. The van der Waals surface area contributed by atoms with Crippen molar-refractivity contribution in [2.45, 2.75) is 46.3 Å². The van der Waals surface area contributed by atoms with Gasteiger partial charge in [0.1, 0.15) is 0 Å². The van der Waals surface area contributed by atoms with Gasteiger partial charge >= 0.3 is 0 Å². The number of likely N-dealkylation sites (N-methyl/N-ethyl adjacent to an activating group) is 1. The number of rotatable bonds is 6. The van der Waals surface area contributed by atoms with Crippen molar-refractivity contribution < 1.29 is 4.74 Å². The maximum atomic E-state index is 6.00. The van der Waals surface area contributed by atoms with Crippen LogP contribution < -0.4 is 11.1 Å². The van der Waals surface area contributed by atoms with Crippen molar-refractivity contribution in [3.8, 4) is 0 Å². The predicted molar refractivity (Wildman–Crippen MR) is 80.1 cm³/mol. The van der Waals surface area contributed by atoms with Crippen molar-refractivity contribution in [3.63, 3.8) is 0 Å². The molecule has 2 atom stereocenters. The zero-order valence-electron chi connectivity index (χ0n) is 12.7. The second-order valence-corrected chi connectivity index (χ2v) is 5.92. The first kappa shape index (κ1) is 15.9. The minimum atomic E-state index is 0.0701. The molecule has 0 radical (unpaired) electrons. The second-order valence-electron chi connectivity index (χ2n) is 5.92. The van der Waals surface area contributed by atoms with Crippen LogP contribution in [0.15, 0.2) is 18.5 Å². The molecular weight excluding hydrogens is 238 g/mol. The number of nitrogens with two attached hydrogens (primary N) is 1. The van der Waals surface area contributed by atoms with E-state index in [1.807, 2.05) is 26.2 Å². The highest BCUT2D eigenvalue weighted by atomic mass is 16.5. The molecule has 4 heteroatoms. The van der Waals surface area contributed by atoms with E-state index in [-0.39, 0.29) is 17.6 Å². The third-order valence-electron chi connectivity index (χ3n) is 3.32. The summed E-state index contributed by atoms with van der Waals surface area (Å²) < 4.78 is 5.95. The van der Waals surface area contributed by atoms with E-state index >= 15 is 0 Å². The van der Waals surface area contributed by atoms with E-state index in [0.717, 1.165) is 17.7 Å². The number of anilines is 1. The summed E-state index contributed by atoms with van der Waals surface area (Å²) in [6.07, 6.45) is 4.50. The van der Waals surface area contributed by atoms with E-state index in [1.165, 1.54) is 0 Å². The minimum absolute atomic E-state index is 0.0701. The Labute approximate surface area is 116 Å². The Morgan fingerprint density at radius 3 is 2.58 bits per heavy atom. The largest absolute Gasteiger partial charge is 0.398 e. The van der Waals surface area contributed by atoms with E-state index in [1.54, 1.807) is 6.20 Å². The summed E-state index contributed by atoms with van der Waals surface area (Å²) in [5, 5.41) is 3.36. The molecule has 0 aliphatic rings. The molecule has 1 aromatic heterocycles. The SMILES string of the molecule is CCOC(C(Cc1cnccc1N)NC)C(C)(C)C. The molecule has 3 N–H and O–H groups in total. The first-order valence-electron chi connectivity index (χ1n) is 6.87. The molecule has 1 heterocycles. The fourth-order valence-electron chi connectivity index (χ4n) is 2.36. The number of nitrogens with zero attached hydrogens (tertiary/aromatic N) is 1. The van der Waals surface area contributed by atoms with Crippen molar-refractivity contribution in [3.05, 3.63) is 24.0 Å². The van der Waals surface area contributed by atoms with Crippen molar-refractivity contribution in [2.75, 3.05) is 19.4 Å². The zero-order chi connectivity index (χ0) is 14.5. The van der Waals surface area contributed by atoms with Gasteiger partial charge in [-0.3, -0.25) is 4.98 Å². The van der Waals surface area contributed by atoms with Gasteiger partial charge < -0.3 is 15.8 Å². The maximum absolute atomic E-state index is 6.00. The predicted octanol–water partition coefficient (Wildman–Crippen LogP) is 2.25. The lowest BCUT2D eigenvalue weighted by molar-refractivity contribution is -0.0340. The number of ether oxygens (including phenoxy) is 1. The van der Waals surface area contributed by atoms with Crippen LogP contribution in [0.5, 0.6) is 0 Å². The summed E-state index contributed by atoms with van der Waals surface area (Å²) in [7, 11) is 1.97. The molecule has 0 saturated carbocycles. The van der Waals surface area contributed by atoms with Crippen LogP contribution in [0.4, 0.5) is 5.69 Å². The van der Waals surface area contributed by atoms with E-state index < -0.39 is 0 Å². The quantitative estimate of drug-likeness (QED) is 0.828. The highest BCUT2D eigenvalue weighted by molar-refractivity contribution is 5.44. The summed E-state index contributed by atoms with van der Waals surface area (Å²) in [5.74, 6) is 0. The molecule has 108 valence electrons. The summed E-state index contributed by atoms with van der Waals surface area (Å²) in [5.41, 5.74) is 7.92. The third kappa shape index (κ3) is 4.48. The van der Waals surface area contributed by atoms with Crippen LogP contribution in [0, 0.1) is 5.41 Å². The monoisotopic (exact) mass is 265 g/mol. The van der Waals surface area contributed by atoms with Crippen molar-refractivity contribution in [1.29, 1.82) is 0 Å². The average molecular weight is 265 g/mol. The van der Waals surface area contributed by atoms with Crippen molar-refractivity contribution in [2.24, 2.45) is 5.41 Å². The van der Waals surface area contributed by atoms with E-state index in [2.05, 4.69) is 31.1 Å². The van der Waals surface area contributed by atoms with Gasteiger partial charge in [-0.15, -0.1) is 0 Å². The molecule has 0 aliphatic heterocycles. The number of aromatic nitrogens is 1. The lowest BCUT2D eigenvalue weighted by atomic mass is 9.82. The Hall–Kier alpha value is -1.13. The molecule has 0 fully saturated rings. The number of hydrogen-bond donors (Lipinski definition) is 2. The Kier molecular flexibility index (Phi) is 5.76. The van der Waals surface area contributed by atoms with Crippen LogP contribution in [0.25, 0.3) is 0 Å². The summed E-state index contributed by atoms with van der Waals surface area (Å²) in [6, 6.07) is 2.06. The third-order valence-corrected chi connectivity index (χ3v) is 3.32. The topological polar surface area (TPSA) is 60.2 Å². The van der Waals surface area contributed by atoms with Crippen LogP contribution >= 0.6 is 0 Å². The Morgan fingerprint density at radius 2 is 2.11 bits per heavy atom. The Bertz CT molecular complexity index is 387. The van der Waals surface area contributed by atoms with E-state index in [4.69, 9.17) is 10.5 Å². The normalized spacial score (nSPS) is 15.2. The summed E-state index contributed by atoms with van der Waals surface area (Å²) in [4.78, 5) is 4.15. The van der Waals surface area contributed by atoms with Crippen LogP contribution in [-0.2, 0) is 11.2 Å². The molecule has 19 heavy (non-hydrogen) atoms. The lowest BCUT2D eigenvalue weighted by Gasteiger charge is -2.37. The fraction of sp³-hybridized carbons (Fsp3) is 0.667. The Morgan fingerprint density at radius 1 is 1.42 bits per heavy atom. The average Bonchev–Trinajstić information content (AvgIpc) is 2.34. The standard InChI is InChI=1S/C15H27N3O/c1-6-19-14(15(2,3)4)13(17-5)9-11-10-18-8-7-12(11)16/h7-8,10,13-14,17H,6,9H2,1-5H3,(H2,16,18). The molecule has 0 spiro atoms. The van der Waals surface area contributed by atoms with Gasteiger partial charge in [-0.05, 0) is 37.4 Å². The molecular formula is C15H27N3O. The number of hydrogen-bond acceptors (Lipinski definition) is 4. The van der Waals surface area contributed by atoms with Crippen LogP contribution in [-0.4, -0.2) is 30.8 Å². The van der Waals surface area contributed by atoms with Crippen molar-refractivity contribution in [1.82, 2.24) is 10.3 Å². The number of nitrogen functional groups attached to an aromatic ring is 1. The van der Waals surface area contributed by atoms with Gasteiger partial charge in [0.2, 0.25) is 0 Å². The molecule has 0 amide bonds. The van der Waals surface area contributed by atoms with Crippen molar-refractivity contribution >= 4 is 5.69 Å². The number of nitrogens with one attached hydrogen (secondary N) is 1. The highest BCUT2D eigenvalue weighted by Gasteiger charge is 2.32. The fourth-order valence-corrected chi connectivity index (χ4v) is 2.36. The first-order chi connectivity index (χ1) is 8.90. The highest BCUT2D eigenvalue weighted by Crippen LogP contribution is 2.27. The first-order valence-corrected chi connectivity index (χ1v) is 6.87. The number of pyridine rings is 1. The summed E-state index contributed by atoms with van der Waals surface area (Å²) >= 11 is 0.